The third-order valence-electron chi connectivity index (χ3n) is 2.42. The first kappa shape index (κ1) is 10.9. The Kier molecular flexibility index (Phi) is 5.26. The molecule has 0 aromatic heterocycles. The second-order valence-electron chi connectivity index (χ2n) is 3.57. The summed E-state index contributed by atoms with van der Waals surface area (Å²) in [5.41, 5.74) is 0. The van der Waals surface area contributed by atoms with E-state index in [-0.39, 0.29) is 0 Å². The Morgan fingerprint density at radius 3 is 3.15 bits per heavy atom. The predicted molar refractivity (Wildman–Crippen MR) is 57.8 cm³/mol. The van der Waals surface area contributed by atoms with E-state index in [1.165, 1.54) is 25.3 Å². The van der Waals surface area contributed by atoms with Crippen LogP contribution >= 0.6 is 11.8 Å². The lowest BCUT2D eigenvalue weighted by Gasteiger charge is -2.18. The Hall–Kier alpha value is -0.200. The largest absolute Gasteiger partial charge is 0.302 e. The fourth-order valence-corrected chi connectivity index (χ4v) is 2.59. The predicted octanol–water partition coefficient (Wildman–Crippen LogP) is 2.12. The monoisotopic (exact) mass is 198 g/mol. The summed E-state index contributed by atoms with van der Waals surface area (Å²) in [4.78, 5) is 2.49. The summed E-state index contributed by atoms with van der Waals surface area (Å²) in [5.74, 6) is 1.26. The van der Waals surface area contributed by atoms with E-state index >= 15 is 0 Å². The Morgan fingerprint density at radius 1 is 1.54 bits per heavy atom. The van der Waals surface area contributed by atoms with E-state index in [1.54, 1.807) is 0 Å². The van der Waals surface area contributed by atoms with Gasteiger partial charge in [0.1, 0.15) is 0 Å². The minimum absolute atomic E-state index is 0.708. The first-order valence-electron chi connectivity index (χ1n) is 5.04. The van der Waals surface area contributed by atoms with Crippen molar-refractivity contribution in [1.29, 1.82) is 5.26 Å². The highest BCUT2D eigenvalue weighted by Crippen LogP contribution is 2.18. The van der Waals surface area contributed by atoms with Gasteiger partial charge in [0, 0.05) is 24.0 Å². The Balaban J connectivity index is 2.15. The van der Waals surface area contributed by atoms with E-state index in [0.717, 1.165) is 18.2 Å². The zero-order chi connectivity index (χ0) is 9.52. The molecule has 0 aromatic rings. The molecule has 3 heteroatoms. The number of unbranched alkanes of at least 4 members (excludes halogenated alkanes) is 1. The topological polar surface area (TPSA) is 27.0 Å². The zero-order valence-corrected chi connectivity index (χ0v) is 9.15. The Labute approximate surface area is 85.3 Å². The van der Waals surface area contributed by atoms with Crippen molar-refractivity contribution in [3.63, 3.8) is 0 Å². The maximum absolute atomic E-state index is 8.42. The second kappa shape index (κ2) is 6.28. The molecule has 0 N–H and O–H groups in total. The van der Waals surface area contributed by atoms with Crippen LogP contribution in [0.1, 0.15) is 26.2 Å². The maximum atomic E-state index is 8.42. The highest BCUT2D eigenvalue weighted by molar-refractivity contribution is 7.99. The Morgan fingerprint density at radius 2 is 2.38 bits per heavy atom. The van der Waals surface area contributed by atoms with Crippen LogP contribution in [0.3, 0.4) is 0 Å². The van der Waals surface area contributed by atoms with Crippen LogP contribution in [0.15, 0.2) is 0 Å². The molecule has 0 spiro atoms. The summed E-state index contributed by atoms with van der Waals surface area (Å²) in [7, 11) is 0. The van der Waals surface area contributed by atoms with Crippen molar-refractivity contribution in [3.05, 3.63) is 0 Å². The summed E-state index contributed by atoms with van der Waals surface area (Å²) in [5, 5.41) is 9.24. The molecule has 0 saturated carbocycles. The molecule has 1 aliphatic heterocycles. The van der Waals surface area contributed by atoms with Crippen LogP contribution in [0.2, 0.25) is 0 Å². The summed E-state index contributed by atoms with van der Waals surface area (Å²) < 4.78 is 0. The van der Waals surface area contributed by atoms with Crippen LogP contribution in [0.4, 0.5) is 0 Å². The van der Waals surface area contributed by atoms with Gasteiger partial charge in [-0.3, -0.25) is 0 Å². The molecule has 0 radical (unpaired) electrons. The highest BCUT2D eigenvalue weighted by Gasteiger charge is 2.12. The SMILES string of the molecule is CC1CCN(CCCC#N)CCS1. The molecule has 1 atom stereocenters. The highest BCUT2D eigenvalue weighted by atomic mass is 32.2. The lowest BCUT2D eigenvalue weighted by atomic mass is 10.2. The molecule has 13 heavy (non-hydrogen) atoms. The van der Waals surface area contributed by atoms with Crippen LogP contribution in [0.5, 0.6) is 0 Å². The van der Waals surface area contributed by atoms with Crippen molar-refractivity contribution in [1.82, 2.24) is 4.90 Å². The van der Waals surface area contributed by atoms with Gasteiger partial charge in [0.2, 0.25) is 0 Å². The van der Waals surface area contributed by atoms with E-state index in [0.29, 0.717) is 6.42 Å². The average molecular weight is 198 g/mol. The van der Waals surface area contributed by atoms with Crippen molar-refractivity contribution in [3.8, 4) is 6.07 Å². The number of hydrogen-bond donors (Lipinski definition) is 0. The lowest BCUT2D eigenvalue weighted by Crippen LogP contribution is -2.27. The molecule has 1 saturated heterocycles. The molecule has 1 heterocycles. The minimum atomic E-state index is 0.708. The van der Waals surface area contributed by atoms with Gasteiger partial charge >= 0.3 is 0 Å². The normalized spacial score (nSPS) is 25.1. The van der Waals surface area contributed by atoms with E-state index < -0.39 is 0 Å². The van der Waals surface area contributed by atoms with Crippen LogP contribution in [-0.2, 0) is 0 Å². The Bertz CT molecular complexity index is 176. The smallest absolute Gasteiger partial charge is 0.0622 e. The quantitative estimate of drug-likeness (QED) is 0.650. The number of rotatable bonds is 3. The fourth-order valence-electron chi connectivity index (χ4n) is 1.55. The van der Waals surface area contributed by atoms with Gasteiger partial charge in [-0.15, -0.1) is 0 Å². The van der Waals surface area contributed by atoms with Crippen LogP contribution in [0, 0.1) is 11.3 Å². The van der Waals surface area contributed by atoms with Gasteiger partial charge in [-0.05, 0) is 25.9 Å². The van der Waals surface area contributed by atoms with Crippen molar-refractivity contribution in [2.45, 2.75) is 31.4 Å². The average Bonchev–Trinajstić information content (AvgIpc) is 2.32. The van der Waals surface area contributed by atoms with E-state index in [2.05, 4.69) is 29.7 Å². The number of nitrogens with zero attached hydrogens (tertiary/aromatic N) is 2. The van der Waals surface area contributed by atoms with Crippen molar-refractivity contribution in [2.24, 2.45) is 0 Å². The van der Waals surface area contributed by atoms with Crippen LogP contribution in [-0.4, -0.2) is 35.5 Å². The van der Waals surface area contributed by atoms with Gasteiger partial charge in [0.25, 0.3) is 0 Å². The molecule has 0 amide bonds. The zero-order valence-electron chi connectivity index (χ0n) is 8.33. The molecule has 0 bridgehead atoms. The first-order chi connectivity index (χ1) is 6.33. The van der Waals surface area contributed by atoms with E-state index in [9.17, 15) is 0 Å². The third kappa shape index (κ3) is 4.54. The standard InChI is InChI=1S/C10H18N2S/c1-10-4-7-12(8-9-13-10)6-3-2-5-11/h10H,2-4,6-9H2,1H3. The van der Waals surface area contributed by atoms with Crippen molar-refractivity contribution in [2.75, 3.05) is 25.4 Å². The molecule has 0 aromatic carbocycles. The van der Waals surface area contributed by atoms with Gasteiger partial charge < -0.3 is 4.90 Å². The molecule has 74 valence electrons. The van der Waals surface area contributed by atoms with Crippen molar-refractivity contribution < 1.29 is 0 Å². The molecular formula is C10H18N2S. The van der Waals surface area contributed by atoms with Gasteiger partial charge in [-0.2, -0.15) is 17.0 Å². The molecule has 2 nitrogen and oxygen atoms in total. The molecule has 0 aliphatic carbocycles. The van der Waals surface area contributed by atoms with Gasteiger partial charge in [0.15, 0.2) is 0 Å². The number of thioether (sulfide) groups is 1. The minimum Gasteiger partial charge on any atom is -0.302 e. The molecule has 1 unspecified atom stereocenters. The van der Waals surface area contributed by atoms with Crippen molar-refractivity contribution >= 4 is 11.8 Å². The third-order valence-corrected chi connectivity index (χ3v) is 3.65. The number of hydrogen-bond acceptors (Lipinski definition) is 3. The van der Waals surface area contributed by atoms with Gasteiger partial charge in [-0.1, -0.05) is 6.92 Å². The lowest BCUT2D eigenvalue weighted by molar-refractivity contribution is 0.289. The fraction of sp³-hybridized carbons (Fsp3) is 0.900. The van der Waals surface area contributed by atoms with E-state index in [1.807, 2.05) is 0 Å². The van der Waals surface area contributed by atoms with Crippen LogP contribution < -0.4 is 0 Å². The summed E-state index contributed by atoms with van der Waals surface area (Å²) in [6, 6.07) is 2.20. The van der Waals surface area contributed by atoms with Gasteiger partial charge in [-0.25, -0.2) is 0 Å². The molecule has 1 fully saturated rings. The maximum Gasteiger partial charge on any atom is 0.0622 e. The van der Waals surface area contributed by atoms with Gasteiger partial charge in [0.05, 0.1) is 6.07 Å². The summed E-state index contributed by atoms with van der Waals surface area (Å²) in [6.07, 6.45) is 3.05. The van der Waals surface area contributed by atoms with E-state index in [4.69, 9.17) is 5.26 Å². The summed E-state index contributed by atoms with van der Waals surface area (Å²) >= 11 is 2.08. The summed E-state index contributed by atoms with van der Waals surface area (Å²) in [6.45, 7) is 5.85. The number of nitriles is 1. The molecule has 1 rings (SSSR count). The second-order valence-corrected chi connectivity index (χ2v) is 5.12. The van der Waals surface area contributed by atoms with Crippen LogP contribution in [0.25, 0.3) is 0 Å². The molecule has 1 aliphatic rings. The molecular weight excluding hydrogens is 180 g/mol. The first-order valence-corrected chi connectivity index (χ1v) is 6.08.